The highest BCUT2D eigenvalue weighted by atomic mass is 15.3. The first-order valence-corrected chi connectivity index (χ1v) is 6.18. The minimum atomic E-state index is 0.605. The minimum Gasteiger partial charge on any atom is -0.356 e. The number of rotatable bonds is 3. The quantitative estimate of drug-likeness (QED) is 0.617. The second-order valence-electron chi connectivity index (χ2n) is 4.76. The maximum atomic E-state index is 5.48. The Morgan fingerprint density at radius 3 is 2.47 bits per heavy atom. The van der Waals surface area contributed by atoms with E-state index in [9.17, 15) is 0 Å². The molecule has 5 heteroatoms. The van der Waals surface area contributed by atoms with E-state index in [4.69, 9.17) is 5.84 Å². The molecule has 1 aliphatic rings. The molecule has 0 atom stereocenters. The first-order chi connectivity index (χ1) is 8.13. The van der Waals surface area contributed by atoms with Gasteiger partial charge < -0.3 is 10.3 Å². The van der Waals surface area contributed by atoms with Crippen molar-refractivity contribution in [3.05, 3.63) is 11.4 Å². The standard InChI is InChI=1S/C12H21N5/c1-8-11(16-13)14-9(2)15-12(8)17(3)10-6-4-5-7-10/h10H,4-7,13H2,1-3H3,(H,14,15,16). The normalized spacial score (nSPS) is 16.2. The molecule has 0 aromatic carbocycles. The Bertz CT molecular complexity index is 398. The molecule has 3 N–H and O–H groups in total. The monoisotopic (exact) mass is 235 g/mol. The maximum absolute atomic E-state index is 5.48. The molecular weight excluding hydrogens is 214 g/mol. The number of nitrogen functional groups attached to an aromatic ring is 1. The zero-order valence-electron chi connectivity index (χ0n) is 10.8. The van der Waals surface area contributed by atoms with Crippen LogP contribution in [-0.4, -0.2) is 23.1 Å². The molecule has 0 amide bonds. The van der Waals surface area contributed by atoms with E-state index in [0.717, 1.165) is 23.0 Å². The van der Waals surface area contributed by atoms with E-state index in [1.54, 1.807) is 0 Å². The van der Waals surface area contributed by atoms with Gasteiger partial charge in [-0.15, -0.1) is 0 Å². The van der Waals surface area contributed by atoms with Crippen LogP contribution in [0.15, 0.2) is 0 Å². The summed E-state index contributed by atoms with van der Waals surface area (Å²) in [5.74, 6) is 7.95. The van der Waals surface area contributed by atoms with Gasteiger partial charge in [0.15, 0.2) is 0 Å². The third-order valence-corrected chi connectivity index (χ3v) is 3.58. The van der Waals surface area contributed by atoms with E-state index in [1.807, 2.05) is 13.8 Å². The molecule has 0 bridgehead atoms. The third kappa shape index (κ3) is 2.34. The lowest BCUT2D eigenvalue weighted by Crippen LogP contribution is -2.31. The van der Waals surface area contributed by atoms with E-state index in [2.05, 4.69) is 27.3 Å². The van der Waals surface area contributed by atoms with Crippen molar-refractivity contribution in [1.82, 2.24) is 9.97 Å². The highest BCUT2D eigenvalue weighted by Gasteiger charge is 2.23. The molecule has 5 nitrogen and oxygen atoms in total. The molecule has 1 saturated carbocycles. The van der Waals surface area contributed by atoms with Gasteiger partial charge in [-0.1, -0.05) is 12.8 Å². The summed E-state index contributed by atoms with van der Waals surface area (Å²) in [5.41, 5.74) is 3.66. The van der Waals surface area contributed by atoms with E-state index >= 15 is 0 Å². The van der Waals surface area contributed by atoms with Gasteiger partial charge in [0, 0.05) is 18.7 Å². The molecule has 1 fully saturated rings. The molecule has 94 valence electrons. The summed E-state index contributed by atoms with van der Waals surface area (Å²) in [5, 5.41) is 0. The van der Waals surface area contributed by atoms with Crippen molar-refractivity contribution in [3.8, 4) is 0 Å². The van der Waals surface area contributed by atoms with Crippen LogP contribution in [0.25, 0.3) is 0 Å². The van der Waals surface area contributed by atoms with E-state index < -0.39 is 0 Å². The fourth-order valence-corrected chi connectivity index (χ4v) is 2.56. The third-order valence-electron chi connectivity index (χ3n) is 3.58. The summed E-state index contributed by atoms with van der Waals surface area (Å²) in [4.78, 5) is 11.1. The lowest BCUT2D eigenvalue weighted by atomic mass is 10.2. The number of nitrogens with one attached hydrogen (secondary N) is 1. The van der Waals surface area contributed by atoms with Gasteiger partial charge in [0.2, 0.25) is 0 Å². The Hall–Kier alpha value is -1.36. The Labute approximate surface area is 102 Å². The molecule has 17 heavy (non-hydrogen) atoms. The molecule has 1 aromatic rings. The van der Waals surface area contributed by atoms with Crippen molar-refractivity contribution >= 4 is 11.6 Å². The number of hydrogen-bond donors (Lipinski definition) is 2. The highest BCUT2D eigenvalue weighted by Crippen LogP contribution is 2.29. The van der Waals surface area contributed by atoms with Gasteiger partial charge in [-0.25, -0.2) is 15.8 Å². The topological polar surface area (TPSA) is 67.1 Å². The molecular formula is C12H21N5. The van der Waals surface area contributed by atoms with Crippen LogP contribution in [0, 0.1) is 13.8 Å². The van der Waals surface area contributed by atoms with Gasteiger partial charge >= 0.3 is 0 Å². The number of aryl methyl sites for hydroxylation is 1. The van der Waals surface area contributed by atoms with Gasteiger partial charge in [0.25, 0.3) is 0 Å². The summed E-state index contributed by atoms with van der Waals surface area (Å²) in [7, 11) is 2.12. The fourth-order valence-electron chi connectivity index (χ4n) is 2.56. The smallest absolute Gasteiger partial charge is 0.148 e. The average molecular weight is 235 g/mol. The van der Waals surface area contributed by atoms with E-state index in [1.165, 1.54) is 25.7 Å². The molecule has 0 saturated heterocycles. The summed E-state index contributed by atoms with van der Waals surface area (Å²) in [6, 6.07) is 0.605. The second-order valence-corrected chi connectivity index (χ2v) is 4.76. The van der Waals surface area contributed by atoms with Crippen molar-refractivity contribution < 1.29 is 0 Å². The minimum absolute atomic E-state index is 0.605. The molecule has 1 heterocycles. The highest BCUT2D eigenvalue weighted by molar-refractivity contribution is 5.58. The predicted molar refractivity (Wildman–Crippen MR) is 70.0 cm³/mol. The number of aromatic nitrogens is 2. The summed E-state index contributed by atoms with van der Waals surface area (Å²) < 4.78 is 0. The molecule has 0 spiro atoms. The Morgan fingerprint density at radius 1 is 1.24 bits per heavy atom. The lowest BCUT2D eigenvalue weighted by Gasteiger charge is -2.27. The van der Waals surface area contributed by atoms with Crippen LogP contribution >= 0.6 is 0 Å². The molecule has 2 rings (SSSR count). The van der Waals surface area contributed by atoms with Crippen LogP contribution in [0.5, 0.6) is 0 Å². The number of hydrazine groups is 1. The van der Waals surface area contributed by atoms with Crippen LogP contribution in [-0.2, 0) is 0 Å². The van der Waals surface area contributed by atoms with Gasteiger partial charge in [0.05, 0.1) is 0 Å². The first kappa shape index (κ1) is 12.1. The Kier molecular flexibility index (Phi) is 3.47. The SMILES string of the molecule is Cc1nc(NN)c(C)c(N(C)C2CCCC2)n1. The lowest BCUT2D eigenvalue weighted by molar-refractivity contribution is 0.643. The van der Waals surface area contributed by atoms with Crippen molar-refractivity contribution in [2.75, 3.05) is 17.4 Å². The van der Waals surface area contributed by atoms with Crippen LogP contribution < -0.4 is 16.2 Å². The summed E-state index contributed by atoms with van der Waals surface area (Å²) in [6.07, 6.45) is 5.15. The van der Waals surface area contributed by atoms with Gasteiger partial charge in [0.1, 0.15) is 17.5 Å². The molecule has 0 radical (unpaired) electrons. The molecule has 0 unspecified atom stereocenters. The summed E-state index contributed by atoms with van der Waals surface area (Å²) in [6.45, 7) is 3.90. The van der Waals surface area contributed by atoms with Gasteiger partial charge in [-0.05, 0) is 26.7 Å². The van der Waals surface area contributed by atoms with Crippen molar-refractivity contribution in [2.24, 2.45) is 5.84 Å². The van der Waals surface area contributed by atoms with Crippen LogP contribution in [0.1, 0.15) is 37.1 Å². The zero-order chi connectivity index (χ0) is 12.4. The molecule has 1 aliphatic carbocycles. The zero-order valence-corrected chi connectivity index (χ0v) is 10.8. The maximum Gasteiger partial charge on any atom is 0.148 e. The van der Waals surface area contributed by atoms with Crippen molar-refractivity contribution in [3.63, 3.8) is 0 Å². The Morgan fingerprint density at radius 2 is 1.88 bits per heavy atom. The largest absolute Gasteiger partial charge is 0.356 e. The van der Waals surface area contributed by atoms with Crippen LogP contribution in [0.4, 0.5) is 11.6 Å². The average Bonchev–Trinajstić information content (AvgIpc) is 2.84. The van der Waals surface area contributed by atoms with Crippen LogP contribution in [0.2, 0.25) is 0 Å². The first-order valence-electron chi connectivity index (χ1n) is 6.18. The summed E-state index contributed by atoms with van der Waals surface area (Å²) >= 11 is 0. The van der Waals surface area contributed by atoms with Crippen molar-refractivity contribution in [1.29, 1.82) is 0 Å². The van der Waals surface area contributed by atoms with Gasteiger partial charge in [-0.2, -0.15) is 0 Å². The molecule has 1 aromatic heterocycles. The number of anilines is 2. The van der Waals surface area contributed by atoms with Gasteiger partial charge in [-0.3, -0.25) is 0 Å². The fraction of sp³-hybridized carbons (Fsp3) is 0.667. The Balaban J connectivity index is 2.33. The molecule has 0 aliphatic heterocycles. The second kappa shape index (κ2) is 4.87. The number of nitrogens with two attached hydrogens (primary N) is 1. The van der Waals surface area contributed by atoms with E-state index in [0.29, 0.717) is 6.04 Å². The van der Waals surface area contributed by atoms with Crippen LogP contribution in [0.3, 0.4) is 0 Å². The van der Waals surface area contributed by atoms with E-state index in [-0.39, 0.29) is 0 Å². The number of nitrogens with zero attached hydrogens (tertiary/aromatic N) is 3. The van der Waals surface area contributed by atoms with Crippen molar-refractivity contribution in [2.45, 2.75) is 45.6 Å². The predicted octanol–water partition coefficient (Wildman–Crippen LogP) is 1.76. The number of hydrogen-bond acceptors (Lipinski definition) is 5.